The van der Waals surface area contributed by atoms with Gasteiger partial charge in [-0.3, -0.25) is 14.4 Å². The number of hydrogen-bond acceptors (Lipinski definition) is 7. The van der Waals surface area contributed by atoms with Crippen LogP contribution in [-0.2, 0) is 19.1 Å². The number of ether oxygens (including phenoxy) is 2. The number of nitrogens with two attached hydrogens (primary N) is 2. The largest absolute Gasteiger partial charge is 0.399 e. The van der Waals surface area contributed by atoms with Gasteiger partial charge in [0, 0.05) is 17.9 Å². The molecule has 162 valence electrons. The van der Waals surface area contributed by atoms with Crippen LogP contribution in [0.5, 0.6) is 0 Å². The van der Waals surface area contributed by atoms with Crippen molar-refractivity contribution >= 4 is 23.3 Å². The van der Waals surface area contributed by atoms with Gasteiger partial charge in [0.1, 0.15) is 12.6 Å². The predicted molar refractivity (Wildman–Crippen MR) is 110 cm³/mol. The number of ketones is 1. The average Bonchev–Trinajstić information content (AvgIpc) is 2.69. The Morgan fingerprint density at radius 3 is 2.41 bits per heavy atom. The van der Waals surface area contributed by atoms with Crippen LogP contribution in [0.25, 0.3) is 0 Å². The molecule has 1 rings (SSSR count). The molecule has 0 bridgehead atoms. The Morgan fingerprint density at radius 1 is 1.07 bits per heavy atom. The number of carbonyl (C=O) groups is 3. The minimum Gasteiger partial charge on any atom is -0.399 e. The van der Waals surface area contributed by atoms with E-state index in [1.807, 2.05) is 6.92 Å². The Morgan fingerprint density at radius 2 is 1.76 bits per heavy atom. The minimum atomic E-state index is -0.781. The van der Waals surface area contributed by atoms with Crippen molar-refractivity contribution in [1.29, 1.82) is 0 Å². The molecular weight excluding hydrogens is 376 g/mol. The molecule has 2 amide bonds. The van der Waals surface area contributed by atoms with Crippen LogP contribution < -0.4 is 22.1 Å². The summed E-state index contributed by atoms with van der Waals surface area (Å²) in [5.74, 6) is -1.07. The predicted octanol–water partition coefficient (Wildman–Crippen LogP) is 0.235. The molecule has 0 aliphatic heterocycles. The number of carbonyl (C=O) groups excluding carboxylic acids is 3. The van der Waals surface area contributed by atoms with E-state index in [0.717, 1.165) is 6.42 Å². The second-order valence-electron chi connectivity index (χ2n) is 6.55. The first kappa shape index (κ1) is 24.5. The number of Topliss-reactive ketones (excluding diaryl/α,β-unsaturated/α-hetero) is 1. The summed E-state index contributed by atoms with van der Waals surface area (Å²) in [5.41, 5.74) is 12.1. The van der Waals surface area contributed by atoms with Crippen molar-refractivity contribution in [2.75, 3.05) is 45.3 Å². The summed E-state index contributed by atoms with van der Waals surface area (Å²) in [6, 6.07) is 5.92. The van der Waals surface area contributed by atoms with Gasteiger partial charge in [0.2, 0.25) is 11.8 Å². The summed E-state index contributed by atoms with van der Waals surface area (Å²) >= 11 is 0. The smallest absolute Gasteiger partial charge is 0.246 e. The molecule has 0 saturated heterocycles. The fourth-order valence-electron chi connectivity index (χ4n) is 2.45. The van der Waals surface area contributed by atoms with E-state index < -0.39 is 17.9 Å². The van der Waals surface area contributed by atoms with Crippen LogP contribution in [0.2, 0.25) is 0 Å². The van der Waals surface area contributed by atoms with Gasteiger partial charge in [0.15, 0.2) is 5.78 Å². The molecule has 1 aromatic carbocycles. The number of hydrogen-bond donors (Lipinski definition) is 4. The molecule has 0 radical (unpaired) electrons. The van der Waals surface area contributed by atoms with Crippen molar-refractivity contribution in [1.82, 2.24) is 10.6 Å². The number of benzene rings is 1. The van der Waals surface area contributed by atoms with E-state index >= 15 is 0 Å². The number of amides is 2. The second-order valence-corrected chi connectivity index (χ2v) is 6.55. The van der Waals surface area contributed by atoms with Crippen molar-refractivity contribution in [3.05, 3.63) is 29.8 Å². The Labute approximate surface area is 171 Å². The number of anilines is 1. The van der Waals surface area contributed by atoms with Gasteiger partial charge in [-0.05, 0) is 50.1 Å². The molecule has 6 N–H and O–H groups in total. The maximum Gasteiger partial charge on any atom is 0.246 e. The lowest BCUT2D eigenvalue weighted by atomic mass is 10.1. The standard InChI is InChI=1S/C20H32N4O5/c1-2-10-28-11-12-29-14-19(26)24-17(20(22)27)4-3-9-23-13-18(25)15-5-7-16(21)8-6-15/h5-8,17,23H,2-4,9-14,21H2,1H3,(H2,22,27)(H,24,26)/t17-/m0/s1. The molecule has 0 aromatic heterocycles. The van der Waals surface area contributed by atoms with Crippen LogP contribution in [0.15, 0.2) is 24.3 Å². The molecule has 0 heterocycles. The SMILES string of the molecule is CCCOCCOCC(=O)N[C@@H](CCCNCC(=O)c1ccc(N)cc1)C(N)=O. The number of primary amides is 1. The van der Waals surface area contributed by atoms with E-state index in [9.17, 15) is 14.4 Å². The molecule has 29 heavy (non-hydrogen) atoms. The summed E-state index contributed by atoms with van der Waals surface area (Å²) in [7, 11) is 0. The van der Waals surface area contributed by atoms with Gasteiger partial charge in [-0.1, -0.05) is 6.92 Å². The molecule has 0 unspecified atom stereocenters. The van der Waals surface area contributed by atoms with Gasteiger partial charge in [-0.2, -0.15) is 0 Å². The summed E-state index contributed by atoms with van der Waals surface area (Å²) in [6.07, 6.45) is 1.85. The zero-order valence-corrected chi connectivity index (χ0v) is 16.9. The minimum absolute atomic E-state index is 0.0511. The third-order valence-corrected chi connectivity index (χ3v) is 4.00. The highest BCUT2D eigenvalue weighted by Gasteiger charge is 2.17. The average molecular weight is 408 g/mol. The van der Waals surface area contributed by atoms with E-state index in [0.29, 0.717) is 50.5 Å². The molecule has 0 aliphatic carbocycles. The van der Waals surface area contributed by atoms with Gasteiger partial charge < -0.3 is 31.6 Å². The van der Waals surface area contributed by atoms with Crippen LogP contribution >= 0.6 is 0 Å². The van der Waals surface area contributed by atoms with Crippen LogP contribution in [-0.4, -0.2) is 63.2 Å². The van der Waals surface area contributed by atoms with Gasteiger partial charge >= 0.3 is 0 Å². The molecule has 0 saturated carbocycles. The quantitative estimate of drug-likeness (QED) is 0.174. The van der Waals surface area contributed by atoms with Crippen molar-refractivity contribution in [2.24, 2.45) is 5.73 Å². The molecule has 9 heteroatoms. The van der Waals surface area contributed by atoms with E-state index in [-0.39, 0.29) is 18.9 Å². The first-order chi connectivity index (χ1) is 13.9. The van der Waals surface area contributed by atoms with Crippen LogP contribution in [0.3, 0.4) is 0 Å². The first-order valence-electron chi connectivity index (χ1n) is 9.77. The van der Waals surface area contributed by atoms with Crippen molar-refractivity contribution < 1.29 is 23.9 Å². The van der Waals surface area contributed by atoms with Crippen molar-refractivity contribution in [2.45, 2.75) is 32.2 Å². The summed E-state index contributed by atoms with van der Waals surface area (Å²) < 4.78 is 10.4. The van der Waals surface area contributed by atoms with Crippen molar-refractivity contribution in [3.8, 4) is 0 Å². The monoisotopic (exact) mass is 408 g/mol. The van der Waals surface area contributed by atoms with Crippen molar-refractivity contribution in [3.63, 3.8) is 0 Å². The third kappa shape index (κ3) is 11.2. The highest BCUT2D eigenvalue weighted by atomic mass is 16.5. The molecule has 1 aromatic rings. The topological polar surface area (TPSA) is 146 Å². The van der Waals surface area contributed by atoms with Gasteiger partial charge in [0.25, 0.3) is 0 Å². The van der Waals surface area contributed by atoms with Gasteiger partial charge in [-0.25, -0.2) is 0 Å². The molecular formula is C20H32N4O5. The maximum atomic E-state index is 12.0. The zero-order chi connectivity index (χ0) is 21.5. The van der Waals surface area contributed by atoms with E-state index in [1.54, 1.807) is 24.3 Å². The molecule has 0 fully saturated rings. The summed E-state index contributed by atoms with van der Waals surface area (Å²) in [6.45, 7) is 3.90. The van der Waals surface area contributed by atoms with Gasteiger partial charge in [0.05, 0.1) is 19.8 Å². The van der Waals surface area contributed by atoms with Crippen LogP contribution in [0, 0.1) is 0 Å². The maximum absolute atomic E-state index is 12.0. The van der Waals surface area contributed by atoms with Crippen LogP contribution in [0.4, 0.5) is 5.69 Å². The second kappa shape index (κ2) is 14.5. The zero-order valence-electron chi connectivity index (χ0n) is 16.9. The van der Waals surface area contributed by atoms with E-state index in [2.05, 4.69) is 10.6 Å². The highest BCUT2D eigenvalue weighted by molar-refractivity contribution is 5.97. The Balaban J connectivity index is 2.20. The first-order valence-corrected chi connectivity index (χ1v) is 9.77. The molecule has 1 atom stereocenters. The number of nitrogen functional groups attached to an aromatic ring is 1. The highest BCUT2D eigenvalue weighted by Crippen LogP contribution is 2.05. The summed E-state index contributed by atoms with van der Waals surface area (Å²) in [5, 5.41) is 5.58. The van der Waals surface area contributed by atoms with Crippen LogP contribution in [0.1, 0.15) is 36.5 Å². The Hall–Kier alpha value is -2.49. The summed E-state index contributed by atoms with van der Waals surface area (Å²) in [4.78, 5) is 35.4. The van der Waals surface area contributed by atoms with E-state index in [4.69, 9.17) is 20.9 Å². The molecule has 0 aliphatic rings. The van der Waals surface area contributed by atoms with E-state index in [1.165, 1.54) is 0 Å². The normalized spacial score (nSPS) is 11.8. The Kier molecular flexibility index (Phi) is 12.3. The fourth-order valence-corrected chi connectivity index (χ4v) is 2.45. The number of rotatable bonds is 16. The Bertz CT molecular complexity index is 636. The lowest BCUT2D eigenvalue weighted by Crippen LogP contribution is -2.46. The third-order valence-electron chi connectivity index (χ3n) is 4.00. The lowest BCUT2D eigenvalue weighted by molar-refractivity contribution is -0.130. The molecule has 0 spiro atoms. The molecule has 9 nitrogen and oxygen atoms in total. The number of nitrogens with one attached hydrogen (secondary N) is 2. The van der Waals surface area contributed by atoms with Gasteiger partial charge in [-0.15, -0.1) is 0 Å². The fraction of sp³-hybridized carbons (Fsp3) is 0.550. The lowest BCUT2D eigenvalue weighted by Gasteiger charge is -2.15.